The number of methoxy groups -OCH3 is 2. The molecular weight excluding hydrogens is 438 g/mol. The SMILES string of the molecule is COc1cc(C(C)C)c(NC(=O)NS(=O)(=O)c2cnn3c2OCC(OC)C3)c(C(C)C)n1. The number of nitrogens with zero attached hydrogens (tertiary/aromatic N) is 3. The van der Waals surface area contributed by atoms with E-state index in [2.05, 4.69) is 15.4 Å². The van der Waals surface area contributed by atoms with Gasteiger partial charge in [-0.2, -0.15) is 5.10 Å². The second-order valence-electron chi connectivity index (χ2n) is 8.05. The molecule has 1 aliphatic heterocycles. The molecule has 1 unspecified atom stereocenters. The first kappa shape index (κ1) is 23.8. The van der Waals surface area contributed by atoms with E-state index in [1.165, 1.54) is 18.9 Å². The van der Waals surface area contributed by atoms with Crippen molar-refractivity contribution in [2.24, 2.45) is 0 Å². The van der Waals surface area contributed by atoms with E-state index < -0.39 is 16.1 Å². The van der Waals surface area contributed by atoms with Crippen molar-refractivity contribution < 1.29 is 27.4 Å². The van der Waals surface area contributed by atoms with Crippen molar-refractivity contribution in [1.29, 1.82) is 0 Å². The van der Waals surface area contributed by atoms with Crippen molar-refractivity contribution in [3.8, 4) is 11.8 Å². The zero-order valence-electron chi connectivity index (χ0n) is 19.0. The molecule has 176 valence electrons. The van der Waals surface area contributed by atoms with Gasteiger partial charge in [-0.05, 0) is 17.4 Å². The molecule has 0 fully saturated rings. The van der Waals surface area contributed by atoms with E-state index >= 15 is 0 Å². The zero-order chi connectivity index (χ0) is 23.6. The van der Waals surface area contributed by atoms with Gasteiger partial charge >= 0.3 is 6.03 Å². The van der Waals surface area contributed by atoms with Crippen LogP contribution in [0, 0.1) is 0 Å². The fourth-order valence-corrected chi connectivity index (χ4v) is 4.35. The lowest BCUT2D eigenvalue weighted by Gasteiger charge is -2.23. The standard InChI is InChI=1S/C20H29N5O6S/c1-11(2)14-7-16(30-6)22-17(12(3)4)18(14)23-20(26)24-32(27,28)15-8-21-25-9-13(29-5)10-31-19(15)25/h7-8,11-13H,9-10H2,1-6H3,(H2,23,24,26). The minimum atomic E-state index is -4.24. The van der Waals surface area contributed by atoms with Crippen LogP contribution in [0.1, 0.15) is 50.8 Å². The third kappa shape index (κ3) is 4.80. The number of pyridine rings is 1. The summed E-state index contributed by atoms with van der Waals surface area (Å²) in [7, 11) is -1.18. The van der Waals surface area contributed by atoms with Crippen LogP contribution in [0.4, 0.5) is 10.5 Å². The maximum absolute atomic E-state index is 12.9. The monoisotopic (exact) mass is 467 g/mol. The molecule has 0 aliphatic carbocycles. The van der Waals surface area contributed by atoms with Crippen molar-refractivity contribution in [2.75, 3.05) is 26.1 Å². The molecule has 0 saturated carbocycles. The van der Waals surface area contributed by atoms with Gasteiger partial charge in [0.15, 0.2) is 4.90 Å². The highest BCUT2D eigenvalue weighted by atomic mass is 32.2. The number of amides is 2. The smallest absolute Gasteiger partial charge is 0.333 e. The molecule has 0 bridgehead atoms. The number of sulfonamides is 1. The third-order valence-electron chi connectivity index (χ3n) is 5.06. The molecule has 2 aromatic rings. The third-order valence-corrected chi connectivity index (χ3v) is 6.38. The summed E-state index contributed by atoms with van der Waals surface area (Å²) >= 11 is 0. The average molecular weight is 468 g/mol. The van der Waals surface area contributed by atoms with Gasteiger partial charge in [-0.3, -0.25) is 0 Å². The largest absolute Gasteiger partial charge is 0.481 e. The summed E-state index contributed by atoms with van der Waals surface area (Å²) in [4.78, 5) is 17.0. The van der Waals surface area contributed by atoms with Gasteiger partial charge in [0.05, 0.1) is 31.2 Å². The Morgan fingerprint density at radius 2 is 1.97 bits per heavy atom. The van der Waals surface area contributed by atoms with Crippen LogP contribution in [0.5, 0.6) is 11.8 Å². The second kappa shape index (κ2) is 9.33. The molecule has 1 atom stereocenters. The molecule has 2 amide bonds. The van der Waals surface area contributed by atoms with Crippen LogP contribution in [0.15, 0.2) is 17.2 Å². The molecule has 3 rings (SSSR count). The van der Waals surface area contributed by atoms with Gasteiger partial charge in [0.2, 0.25) is 11.8 Å². The predicted molar refractivity (Wildman–Crippen MR) is 117 cm³/mol. The highest BCUT2D eigenvalue weighted by molar-refractivity contribution is 7.90. The van der Waals surface area contributed by atoms with Gasteiger partial charge in [-0.1, -0.05) is 27.7 Å². The minimum absolute atomic E-state index is 0.0288. The molecule has 0 saturated heterocycles. The summed E-state index contributed by atoms with van der Waals surface area (Å²) in [6, 6.07) is 0.820. The van der Waals surface area contributed by atoms with Crippen molar-refractivity contribution in [1.82, 2.24) is 19.5 Å². The maximum Gasteiger partial charge on any atom is 0.333 e. The Morgan fingerprint density at radius 3 is 2.56 bits per heavy atom. The summed E-state index contributed by atoms with van der Waals surface area (Å²) in [6.07, 6.45) is 0.914. The number of hydrogen-bond donors (Lipinski definition) is 2. The quantitative estimate of drug-likeness (QED) is 0.634. The number of nitrogens with one attached hydrogen (secondary N) is 2. The normalized spacial score (nSPS) is 15.9. The number of fused-ring (bicyclic) bond motifs is 1. The van der Waals surface area contributed by atoms with Crippen LogP contribution < -0.4 is 19.5 Å². The van der Waals surface area contributed by atoms with Crippen molar-refractivity contribution in [2.45, 2.75) is 57.1 Å². The van der Waals surface area contributed by atoms with Gasteiger partial charge in [-0.25, -0.2) is 27.6 Å². The number of aromatic nitrogens is 3. The van der Waals surface area contributed by atoms with Crippen molar-refractivity contribution in [3.05, 3.63) is 23.5 Å². The average Bonchev–Trinajstić information content (AvgIpc) is 3.17. The first-order chi connectivity index (χ1) is 15.1. The molecule has 0 spiro atoms. The number of rotatable bonds is 7. The Hall–Kier alpha value is -2.86. The number of anilines is 1. The summed E-state index contributed by atoms with van der Waals surface area (Å²) in [5.41, 5.74) is 1.84. The minimum Gasteiger partial charge on any atom is -0.481 e. The number of ether oxygens (including phenoxy) is 3. The Bertz CT molecular complexity index is 1070. The molecule has 2 N–H and O–H groups in total. The molecular formula is C20H29N5O6S. The van der Waals surface area contributed by atoms with Crippen LogP contribution in [0.25, 0.3) is 0 Å². The lowest BCUT2D eigenvalue weighted by Crippen LogP contribution is -2.36. The first-order valence-electron chi connectivity index (χ1n) is 10.2. The molecule has 11 nitrogen and oxygen atoms in total. The summed E-state index contributed by atoms with van der Waals surface area (Å²) < 4.78 is 45.2. The predicted octanol–water partition coefficient (Wildman–Crippen LogP) is 2.45. The molecule has 1 aliphatic rings. The molecule has 12 heteroatoms. The van der Waals surface area contributed by atoms with Gasteiger partial charge in [0.1, 0.15) is 12.7 Å². The maximum atomic E-state index is 12.9. The fraction of sp³-hybridized carbons (Fsp3) is 0.550. The van der Waals surface area contributed by atoms with E-state index in [0.717, 1.165) is 11.8 Å². The molecule has 0 radical (unpaired) electrons. The summed E-state index contributed by atoms with van der Waals surface area (Å²) in [5.74, 6) is 0.477. The van der Waals surface area contributed by atoms with Gasteiger partial charge in [0.25, 0.3) is 10.0 Å². The fourth-order valence-electron chi connectivity index (χ4n) is 3.37. The lowest BCUT2D eigenvalue weighted by atomic mass is 9.97. The second-order valence-corrected chi connectivity index (χ2v) is 9.70. The zero-order valence-corrected chi connectivity index (χ0v) is 19.8. The lowest BCUT2D eigenvalue weighted by molar-refractivity contribution is 0.0165. The van der Waals surface area contributed by atoms with Gasteiger partial charge in [-0.15, -0.1) is 0 Å². The van der Waals surface area contributed by atoms with Crippen LogP contribution >= 0.6 is 0 Å². The van der Waals surface area contributed by atoms with E-state index in [0.29, 0.717) is 23.8 Å². The van der Waals surface area contributed by atoms with Crippen molar-refractivity contribution >= 4 is 21.7 Å². The van der Waals surface area contributed by atoms with Crippen LogP contribution in [-0.4, -0.2) is 56.1 Å². The molecule has 3 heterocycles. The number of carbonyl (C=O) groups is 1. The number of urea groups is 1. The summed E-state index contributed by atoms with van der Waals surface area (Å²) in [6.45, 7) is 8.31. The Morgan fingerprint density at radius 1 is 1.25 bits per heavy atom. The Kier molecular flexibility index (Phi) is 6.94. The van der Waals surface area contributed by atoms with E-state index in [-0.39, 0.29) is 35.3 Å². The van der Waals surface area contributed by atoms with Crippen LogP contribution in [0.2, 0.25) is 0 Å². The molecule has 0 aromatic carbocycles. The first-order valence-corrected chi connectivity index (χ1v) is 11.7. The molecule has 32 heavy (non-hydrogen) atoms. The number of hydrogen-bond acceptors (Lipinski definition) is 8. The topological polar surface area (TPSA) is 134 Å². The highest BCUT2D eigenvalue weighted by Crippen LogP contribution is 2.34. The number of carbonyl (C=O) groups excluding carboxylic acids is 1. The van der Waals surface area contributed by atoms with Gasteiger partial charge < -0.3 is 19.5 Å². The Balaban J connectivity index is 1.87. The Labute approximate surface area is 187 Å². The van der Waals surface area contributed by atoms with E-state index in [4.69, 9.17) is 14.2 Å². The summed E-state index contributed by atoms with van der Waals surface area (Å²) in [5, 5.41) is 6.72. The van der Waals surface area contributed by atoms with Crippen LogP contribution in [-0.2, 0) is 21.3 Å². The van der Waals surface area contributed by atoms with E-state index in [1.807, 2.05) is 32.4 Å². The highest BCUT2D eigenvalue weighted by Gasteiger charge is 2.31. The van der Waals surface area contributed by atoms with E-state index in [9.17, 15) is 13.2 Å². The molecule has 2 aromatic heterocycles. The van der Waals surface area contributed by atoms with Crippen LogP contribution in [0.3, 0.4) is 0 Å². The van der Waals surface area contributed by atoms with E-state index in [1.54, 1.807) is 6.07 Å². The van der Waals surface area contributed by atoms with Crippen molar-refractivity contribution in [3.63, 3.8) is 0 Å². The van der Waals surface area contributed by atoms with Gasteiger partial charge in [0, 0.05) is 13.2 Å².